The fourth-order valence-corrected chi connectivity index (χ4v) is 2.35. The Kier molecular flexibility index (Phi) is 5.03. The number of anilines is 1. The molecule has 0 aromatic heterocycles. The molecule has 130 valence electrons. The first-order valence-corrected chi connectivity index (χ1v) is 7.77. The summed E-state index contributed by atoms with van der Waals surface area (Å²) in [6.07, 6.45) is 0.157. The summed E-state index contributed by atoms with van der Waals surface area (Å²) in [4.78, 5) is 24.0. The van der Waals surface area contributed by atoms with E-state index in [1.54, 1.807) is 42.5 Å². The molecule has 2 N–H and O–H groups in total. The highest BCUT2D eigenvalue weighted by molar-refractivity contribution is 5.95. The lowest BCUT2D eigenvalue weighted by molar-refractivity contribution is -0.116. The predicted molar refractivity (Wildman–Crippen MR) is 91.1 cm³/mol. The first kappa shape index (κ1) is 16.6. The van der Waals surface area contributed by atoms with E-state index in [4.69, 9.17) is 14.2 Å². The Balaban J connectivity index is 1.46. The van der Waals surface area contributed by atoms with Gasteiger partial charge in [0.2, 0.25) is 12.7 Å². The van der Waals surface area contributed by atoms with Crippen molar-refractivity contribution in [2.45, 2.75) is 6.42 Å². The van der Waals surface area contributed by atoms with Gasteiger partial charge in [0.1, 0.15) is 5.75 Å². The second kappa shape index (κ2) is 7.57. The summed E-state index contributed by atoms with van der Waals surface area (Å²) in [5, 5.41) is 5.47. The third kappa shape index (κ3) is 4.20. The molecule has 7 nitrogen and oxygen atoms in total. The zero-order valence-electron chi connectivity index (χ0n) is 13.7. The number of amides is 2. The molecule has 0 aliphatic carbocycles. The highest BCUT2D eigenvalue weighted by Gasteiger charge is 2.14. The van der Waals surface area contributed by atoms with Crippen LogP contribution < -0.4 is 24.8 Å². The number of fused-ring (bicyclic) bond motifs is 1. The van der Waals surface area contributed by atoms with Gasteiger partial charge in [-0.2, -0.15) is 0 Å². The number of benzene rings is 2. The van der Waals surface area contributed by atoms with E-state index in [9.17, 15) is 9.59 Å². The number of nitrogens with one attached hydrogen (secondary N) is 2. The Morgan fingerprint density at radius 1 is 1.12 bits per heavy atom. The van der Waals surface area contributed by atoms with Gasteiger partial charge in [-0.3, -0.25) is 9.59 Å². The lowest BCUT2D eigenvalue weighted by Gasteiger charge is -2.08. The smallest absolute Gasteiger partial charge is 0.251 e. The minimum absolute atomic E-state index is 0.157. The van der Waals surface area contributed by atoms with Crippen molar-refractivity contribution in [3.63, 3.8) is 0 Å². The highest BCUT2D eigenvalue weighted by atomic mass is 16.7. The second-order valence-corrected chi connectivity index (χ2v) is 5.35. The summed E-state index contributed by atoms with van der Waals surface area (Å²) in [5.74, 6) is 1.40. The van der Waals surface area contributed by atoms with Crippen molar-refractivity contribution < 1.29 is 23.8 Å². The molecule has 0 spiro atoms. The maximum Gasteiger partial charge on any atom is 0.251 e. The Hall–Kier alpha value is -3.22. The lowest BCUT2D eigenvalue weighted by atomic mass is 10.2. The van der Waals surface area contributed by atoms with Crippen LogP contribution >= 0.6 is 0 Å². The summed E-state index contributed by atoms with van der Waals surface area (Å²) in [6.45, 7) is 0.412. The third-order valence-electron chi connectivity index (χ3n) is 3.63. The maximum absolute atomic E-state index is 12.1. The second-order valence-electron chi connectivity index (χ2n) is 5.35. The average molecular weight is 342 g/mol. The monoisotopic (exact) mass is 342 g/mol. The van der Waals surface area contributed by atoms with E-state index in [0.29, 0.717) is 28.5 Å². The summed E-state index contributed by atoms with van der Waals surface area (Å²) in [7, 11) is 1.54. The minimum atomic E-state index is -0.255. The largest absolute Gasteiger partial charge is 0.497 e. The molecule has 0 unspecified atom stereocenters. The highest BCUT2D eigenvalue weighted by Crippen LogP contribution is 2.34. The van der Waals surface area contributed by atoms with Gasteiger partial charge < -0.3 is 24.8 Å². The number of hydrogen-bond donors (Lipinski definition) is 2. The van der Waals surface area contributed by atoms with Gasteiger partial charge in [-0.1, -0.05) is 6.07 Å². The van der Waals surface area contributed by atoms with E-state index in [2.05, 4.69) is 10.6 Å². The van der Waals surface area contributed by atoms with E-state index in [0.717, 1.165) is 0 Å². The molecule has 1 aliphatic rings. The van der Waals surface area contributed by atoms with E-state index >= 15 is 0 Å². The minimum Gasteiger partial charge on any atom is -0.497 e. The molecule has 0 bridgehead atoms. The van der Waals surface area contributed by atoms with Crippen molar-refractivity contribution in [2.75, 3.05) is 25.8 Å². The van der Waals surface area contributed by atoms with Crippen LogP contribution in [0.3, 0.4) is 0 Å². The van der Waals surface area contributed by atoms with Gasteiger partial charge in [0.05, 0.1) is 7.11 Å². The van der Waals surface area contributed by atoms with Gasteiger partial charge in [-0.25, -0.2) is 0 Å². The lowest BCUT2D eigenvalue weighted by Crippen LogP contribution is -2.27. The Morgan fingerprint density at radius 2 is 1.96 bits per heavy atom. The molecule has 2 aromatic carbocycles. The molecule has 0 atom stereocenters. The van der Waals surface area contributed by atoms with Gasteiger partial charge in [0, 0.05) is 30.3 Å². The predicted octanol–water partition coefficient (Wildman–Crippen LogP) is 2.18. The molecule has 7 heteroatoms. The summed E-state index contributed by atoms with van der Waals surface area (Å²) in [6, 6.07) is 12.0. The van der Waals surface area contributed by atoms with Crippen LogP contribution in [0.4, 0.5) is 5.69 Å². The van der Waals surface area contributed by atoms with Crippen molar-refractivity contribution in [1.82, 2.24) is 5.32 Å². The number of hydrogen-bond acceptors (Lipinski definition) is 5. The van der Waals surface area contributed by atoms with Gasteiger partial charge >= 0.3 is 0 Å². The number of rotatable bonds is 6. The summed E-state index contributed by atoms with van der Waals surface area (Å²) < 4.78 is 15.6. The van der Waals surface area contributed by atoms with Crippen molar-refractivity contribution in [2.24, 2.45) is 0 Å². The first-order chi connectivity index (χ1) is 12.2. The van der Waals surface area contributed by atoms with Gasteiger partial charge in [-0.05, 0) is 30.3 Å². The molecule has 1 aliphatic heterocycles. The Bertz CT molecular complexity index is 791. The van der Waals surface area contributed by atoms with E-state index < -0.39 is 0 Å². The van der Waals surface area contributed by atoms with Gasteiger partial charge in [-0.15, -0.1) is 0 Å². The molecule has 25 heavy (non-hydrogen) atoms. The van der Waals surface area contributed by atoms with Crippen LogP contribution in [0.25, 0.3) is 0 Å². The van der Waals surface area contributed by atoms with Gasteiger partial charge in [0.25, 0.3) is 5.91 Å². The third-order valence-corrected chi connectivity index (χ3v) is 3.63. The molecular formula is C18H18N2O5. The Morgan fingerprint density at radius 3 is 2.80 bits per heavy atom. The quantitative estimate of drug-likeness (QED) is 0.840. The van der Waals surface area contributed by atoms with Crippen LogP contribution in [-0.4, -0.2) is 32.3 Å². The normalized spacial score (nSPS) is 11.7. The number of methoxy groups -OCH3 is 1. The van der Waals surface area contributed by atoms with Crippen LogP contribution in [-0.2, 0) is 4.79 Å². The topological polar surface area (TPSA) is 85.9 Å². The molecule has 1 heterocycles. The standard InChI is InChI=1S/C18H18N2O5/c1-23-14-4-2-3-12(9-14)18(22)19-8-7-17(21)20-13-5-6-15-16(10-13)25-11-24-15/h2-6,9-10H,7-8,11H2,1H3,(H,19,22)(H,20,21). The zero-order chi connectivity index (χ0) is 17.6. The number of carbonyl (C=O) groups excluding carboxylic acids is 2. The van der Waals surface area contributed by atoms with E-state index in [1.165, 1.54) is 7.11 Å². The average Bonchev–Trinajstić information content (AvgIpc) is 3.09. The molecule has 0 fully saturated rings. The van der Waals surface area contributed by atoms with E-state index in [1.807, 2.05) is 0 Å². The molecule has 0 radical (unpaired) electrons. The molecule has 0 saturated heterocycles. The summed E-state index contributed by atoms with van der Waals surface area (Å²) in [5.41, 5.74) is 1.10. The SMILES string of the molecule is COc1cccc(C(=O)NCCC(=O)Nc2ccc3c(c2)OCO3)c1. The number of ether oxygens (including phenoxy) is 3. The van der Waals surface area contributed by atoms with Gasteiger partial charge in [0.15, 0.2) is 11.5 Å². The molecular weight excluding hydrogens is 324 g/mol. The van der Waals surface area contributed by atoms with Crippen LogP contribution in [0.2, 0.25) is 0 Å². The van der Waals surface area contributed by atoms with Crippen molar-refractivity contribution in [3.05, 3.63) is 48.0 Å². The maximum atomic E-state index is 12.1. The molecule has 2 aromatic rings. The fraction of sp³-hybridized carbons (Fsp3) is 0.222. The van der Waals surface area contributed by atoms with Crippen LogP contribution in [0.1, 0.15) is 16.8 Å². The fourth-order valence-electron chi connectivity index (χ4n) is 2.35. The first-order valence-electron chi connectivity index (χ1n) is 7.77. The molecule has 2 amide bonds. The van der Waals surface area contributed by atoms with E-state index in [-0.39, 0.29) is 31.6 Å². The zero-order valence-corrected chi connectivity index (χ0v) is 13.7. The number of carbonyl (C=O) groups is 2. The molecule has 0 saturated carbocycles. The van der Waals surface area contributed by atoms with Crippen LogP contribution in [0.5, 0.6) is 17.2 Å². The summed E-state index contributed by atoms with van der Waals surface area (Å²) >= 11 is 0. The molecule has 3 rings (SSSR count). The van der Waals surface area contributed by atoms with Crippen molar-refractivity contribution in [1.29, 1.82) is 0 Å². The van der Waals surface area contributed by atoms with Crippen molar-refractivity contribution in [3.8, 4) is 17.2 Å². The van der Waals surface area contributed by atoms with Crippen LogP contribution in [0, 0.1) is 0 Å². The van der Waals surface area contributed by atoms with Crippen LogP contribution in [0.15, 0.2) is 42.5 Å². The van der Waals surface area contributed by atoms with Crippen molar-refractivity contribution >= 4 is 17.5 Å². The Labute approximate surface area is 144 Å².